The first-order chi connectivity index (χ1) is 8.52. The van der Waals surface area contributed by atoms with Crippen molar-refractivity contribution < 1.29 is 13.9 Å². The lowest BCUT2D eigenvalue weighted by Gasteiger charge is -2.03. The predicted octanol–water partition coefficient (Wildman–Crippen LogP) is 4.54. The van der Waals surface area contributed by atoms with Crippen LogP contribution >= 0.6 is 38.9 Å². The lowest BCUT2D eigenvalue weighted by atomic mass is 10.1. The molecule has 2 nitrogen and oxygen atoms in total. The van der Waals surface area contributed by atoms with Gasteiger partial charge < -0.3 is 4.74 Å². The van der Waals surface area contributed by atoms with Crippen LogP contribution in [0.2, 0.25) is 5.02 Å². The lowest BCUT2D eigenvalue weighted by molar-refractivity contribution is 0.104. The maximum absolute atomic E-state index is 13.2. The van der Waals surface area contributed by atoms with Gasteiger partial charge in [-0.05, 0) is 40.2 Å². The minimum atomic E-state index is -0.501. The van der Waals surface area contributed by atoms with Crippen molar-refractivity contribution >= 4 is 44.7 Å². The normalized spacial score (nSPS) is 10.4. The molecule has 0 aliphatic rings. The van der Waals surface area contributed by atoms with Crippen LogP contribution in [0.4, 0.5) is 4.39 Å². The Labute approximate surface area is 120 Å². The predicted molar refractivity (Wildman–Crippen MR) is 73.4 cm³/mol. The highest BCUT2D eigenvalue weighted by atomic mass is 79.9. The van der Waals surface area contributed by atoms with Gasteiger partial charge in [0.25, 0.3) is 0 Å². The molecule has 0 atom stereocenters. The van der Waals surface area contributed by atoms with Crippen molar-refractivity contribution in [3.05, 3.63) is 49.3 Å². The van der Waals surface area contributed by atoms with E-state index in [2.05, 4.69) is 15.9 Å². The molecule has 2 aromatic rings. The van der Waals surface area contributed by atoms with Crippen LogP contribution in [-0.2, 0) is 0 Å². The molecule has 0 spiro atoms. The quantitative estimate of drug-likeness (QED) is 0.760. The number of methoxy groups -OCH3 is 1. The first-order valence-corrected chi connectivity index (χ1v) is 6.84. The second-order valence-corrected chi connectivity index (χ2v) is 6.19. The van der Waals surface area contributed by atoms with E-state index >= 15 is 0 Å². The highest BCUT2D eigenvalue weighted by Gasteiger charge is 2.16. The fourth-order valence-electron chi connectivity index (χ4n) is 1.40. The van der Waals surface area contributed by atoms with E-state index in [9.17, 15) is 9.18 Å². The zero-order valence-electron chi connectivity index (χ0n) is 9.17. The maximum atomic E-state index is 13.2. The van der Waals surface area contributed by atoms with E-state index in [-0.39, 0.29) is 11.5 Å². The molecule has 0 unspecified atom stereocenters. The number of halogens is 3. The third-order valence-corrected chi connectivity index (χ3v) is 4.76. The molecule has 0 N–H and O–H groups in total. The van der Waals surface area contributed by atoms with E-state index in [1.165, 1.54) is 36.6 Å². The van der Waals surface area contributed by atoms with Gasteiger partial charge in [-0.25, -0.2) is 4.39 Å². The average Bonchev–Trinajstić information content (AvgIpc) is 2.69. The van der Waals surface area contributed by atoms with Crippen LogP contribution in [0.15, 0.2) is 28.1 Å². The second-order valence-electron chi connectivity index (χ2n) is 3.41. The van der Waals surface area contributed by atoms with Gasteiger partial charge in [-0.3, -0.25) is 4.79 Å². The lowest BCUT2D eigenvalue weighted by Crippen LogP contribution is -2.00. The third-order valence-electron chi connectivity index (χ3n) is 2.28. The molecule has 0 bridgehead atoms. The van der Waals surface area contributed by atoms with Crippen molar-refractivity contribution in [3.63, 3.8) is 0 Å². The first-order valence-electron chi connectivity index (χ1n) is 4.86. The van der Waals surface area contributed by atoms with E-state index in [0.29, 0.717) is 19.2 Å². The summed E-state index contributed by atoms with van der Waals surface area (Å²) in [5.41, 5.74) is 0.360. The van der Waals surface area contributed by atoms with Gasteiger partial charge in [0.15, 0.2) is 11.6 Å². The number of ether oxygens (including phenoxy) is 1. The number of hydrogen-bond donors (Lipinski definition) is 0. The van der Waals surface area contributed by atoms with Crippen LogP contribution in [-0.4, -0.2) is 12.9 Å². The molecule has 0 saturated heterocycles. The average molecular weight is 350 g/mol. The van der Waals surface area contributed by atoms with Crippen LogP contribution in [0.25, 0.3) is 0 Å². The molecule has 18 heavy (non-hydrogen) atoms. The molecule has 1 aromatic heterocycles. The SMILES string of the molecule is COc1cc(C(=O)c2cc(Cl)c(Br)s2)ccc1F. The highest BCUT2D eigenvalue weighted by Crippen LogP contribution is 2.33. The minimum Gasteiger partial charge on any atom is -0.494 e. The molecular weight excluding hydrogens is 343 g/mol. The van der Waals surface area contributed by atoms with Gasteiger partial charge in [0, 0.05) is 5.56 Å². The van der Waals surface area contributed by atoms with Crippen molar-refractivity contribution in [2.24, 2.45) is 0 Å². The number of rotatable bonds is 3. The Balaban J connectivity index is 2.39. The number of benzene rings is 1. The first kappa shape index (κ1) is 13.5. The van der Waals surface area contributed by atoms with Crippen LogP contribution in [0.1, 0.15) is 15.2 Å². The molecule has 1 heterocycles. The van der Waals surface area contributed by atoms with Gasteiger partial charge >= 0.3 is 0 Å². The summed E-state index contributed by atoms with van der Waals surface area (Å²) in [6, 6.07) is 5.58. The monoisotopic (exact) mass is 348 g/mol. The van der Waals surface area contributed by atoms with E-state index < -0.39 is 5.82 Å². The molecule has 0 amide bonds. The standard InChI is InChI=1S/C12H7BrClFO2S/c1-17-9-4-6(2-3-8(9)15)11(16)10-5-7(14)12(13)18-10/h2-5H,1H3. The van der Waals surface area contributed by atoms with Crippen LogP contribution < -0.4 is 4.74 Å². The summed E-state index contributed by atoms with van der Waals surface area (Å²) in [4.78, 5) is 12.6. The van der Waals surface area contributed by atoms with Crippen molar-refractivity contribution in [1.82, 2.24) is 0 Å². The van der Waals surface area contributed by atoms with Crippen LogP contribution in [0.5, 0.6) is 5.75 Å². The number of carbonyl (C=O) groups excluding carboxylic acids is 1. The molecule has 0 saturated carbocycles. The summed E-state index contributed by atoms with van der Waals surface area (Å²) in [6.07, 6.45) is 0. The summed E-state index contributed by atoms with van der Waals surface area (Å²) in [7, 11) is 1.35. The van der Waals surface area contributed by atoms with E-state index in [1.54, 1.807) is 6.07 Å². The molecule has 0 radical (unpaired) electrons. The van der Waals surface area contributed by atoms with Gasteiger partial charge in [0.1, 0.15) is 0 Å². The molecule has 6 heteroatoms. The van der Waals surface area contributed by atoms with Gasteiger partial charge in [0.2, 0.25) is 5.78 Å². The van der Waals surface area contributed by atoms with Crippen LogP contribution in [0, 0.1) is 5.82 Å². The molecule has 0 fully saturated rings. The summed E-state index contributed by atoms with van der Waals surface area (Å²) < 4.78 is 18.8. The van der Waals surface area contributed by atoms with E-state index in [1.807, 2.05) is 0 Å². The molecule has 0 aliphatic heterocycles. The zero-order chi connectivity index (χ0) is 13.3. The van der Waals surface area contributed by atoms with Gasteiger partial charge in [0.05, 0.1) is 20.8 Å². The molecule has 2 rings (SSSR count). The molecular formula is C12H7BrClFO2S. The van der Waals surface area contributed by atoms with E-state index in [4.69, 9.17) is 16.3 Å². The maximum Gasteiger partial charge on any atom is 0.203 e. The van der Waals surface area contributed by atoms with Crippen molar-refractivity contribution in [2.45, 2.75) is 0 Å². The fourth-order valence-corrected chi connectivity index (χ4v) is 3.07. The Morgan fingerprint density at radius 2 is 2.17 bits per heavy atom. The summed E-state index contributed by atoms with van der Waals surface area (Å²) in [5, 5.41) is 0.484. The number of carbonyl (C=O) groups is 1. The topological polar surface area (TPSA) is 26.3 Å². The summed E-state index contributed by atoms with van der Waals surface area (Å²) >= 11 is 10.4. The molecule has 0 aliphatic carbocycles. The fraction of sp³-hybridized carbons (Fsp3) is 0.0833. The Kier molecular flexibility index (Phi) is 4.04. The smallest absolute Gasteiger partial charge is 0.203 e. The van der Waals surface area contributed by atoms with Gasteiger partial charge in [-0.1, -0.05) is 11.6 Å². The van der Waals surface area contributed by atoms with Gasteiger partial charge in [-0.15, -0.1) is 11.3 Å². The minimum absolute atomic E-state index is 0.0440. The number of thiophene rings is 1. The Morgan fingerprint density at radius 1 is 1.44 bits per heavy atom. The summed E-state index contributed by atoms with van der Waals surface area (Å²) in [5.74, 6) is -0.673. The molecule has 94 valence electrons. The van der Waals surface area contributed by atoms with E-state index in [0.717, 1.165) is 0 Å². The Bertz CT molecular complexity index is 593. The Morgan fingerprint density at radius 3 is 2.72 bits per heavy atom. The summed E-state index contributed by atoms with van der Waals surface area (Å²) in [6.45, 7) is 0. The second kappa shape index (κ2) is 5.38. The van der Waals surface area contributed by atoms with Gasteiger partial charge in [-0.2, -0.15) is 0 Å². The van der Waals surface area contributed by atoms with Crippen molar-refractivity contribution in [1.29, 1.82) is 0 Å². The van der Waals surface area contributed by atoms with Crippen LogP contribution in [0.3, 0.4) is 0 Å². The zero-order valence-corrected chi connectivity index (χ0v) is 12.3. The largest absolute Gasteiger partial charge is 0.494 e. The van der Waals surface area contributed by atoms with Crippen molar-refractivity contribution in [2.75, 3.05) is 7.11 Å². The Hall–Kier alpha value is -0.910. The third kappa shape index (κ3) is 2.58. The van der Waals surface area contributed by atoms with Crippen molar-refractivity contribution in [3.8, 4) is 5.75 Å². The molecule has 1 aromatic carbocycles. The number of hydrogen-bond acceptors (Lipinski definition) is 3. The number of ketones is 1. The highest BCUT2D eigenvalue weighted by molar-refractivity contribution is 9.11.